The highest BCUT2D eigenvalue weighted by Crippen LogP contribution is 2.13. The van der Waals surface area contributed by atoms with Crippen molar-refractivity contribution in [1.29, 1.82) is 0 Å². The van der Waals surface area contributed by atoms with Crippen LogP contribution >= 0.6 is 0 Å². The van der Waals surface area contributed by atoms with Gasteiger partial charge in [0.25, 0.3) is 0 Å². The minimum atomic E-state index is -0.00774. The summed E-state index contributed by atoms with van der Waals surface area (Å²) in [6, 6.07) is 8.04. The van der Waals surface area contributed by atoms with Crippen LogP contribution < -0.4 is 0 Å². The van der Waals surface area contributed by atoms with Gasteiger partial charge in [0.15, 0.2) is 5.82 Å². The zero-order valence-corrected chi connectivity index (χ0v) is 13.6. The lowest BCUT2D eigenvalue weighted by Crippen LogP contribution is -2.43. The fourth-order valence-corrected chi connectivity index (χ4v) is 2.55. The van der Waals surface area contributed by atoms with E-state index >= 15 is 0 Å². The first-order valence-corrected chi connectivity index (χ1v) is 7.51. The summed E-state index contributed by atoms with van der Waals surface area (Å²) in [4.78, 5) is 15.4. The third-order valence-corrected chi connectivity index (χ3v) is 3.74. The van der Waals surface area contributed by atoms with Gasteiger partial charge in [0.2, 0.25) is 5.82 Å². The number of rotatable bonds is 0. The Balaban J connectivity index is 1.80. The molecule has 1 aliphatic rings. The molecule has 6 heteroatoms. The molecule has 0 saturated carbocycles. The summed E-state index contributed by atoms with van der Waals surface area (Å²) in [6.07, 6.45) is 0. The van der Waals surface area contributed by atoms with Crippen LogP contribution in [-0.4, -0.2) is 51.2 Å². The Hall–Kier alpha value is -2.81. The predicted molar refractivity (Wildman–Crippen MR) is 86.7 cm³/mol. The lowest BCUT2D eigenvalue weighted by molar-refractivity contribution is 0.156. The Morgan fingerprint density at radius 1 is 1.22 bits per heavy atom. The van der Waals surface area contributed by atoms with Crippen LogP contribution in [0.2, 0.25) is 0 Å². The van der Waals surface area contributed by atoms with Crippen molar-refractivity contribution in [3.8, 4) is 11.8 Å². The van der Waals surface area contributed by atoms with Crippen molar-refractivity contribution in [2.75, 3.05) is 20.6 Å². The number of benzene rings is 1. The summed E-state index contributed by atoms with van der Waals surface area (Å²) in [5.41, 5.74) is 2.14. The van der Waals surface area contributed by atoms with Crippen molar-refractivity contribution in [2.45, 2.75) is 20.0 Å². The molecule has 1 aliphatic heterocycles. The monoisotopic (exact) mass is 309 g/mol. The number of urea groups is 1. The van der Waals surface area contributed by atoms with Crippen LogP contribution in [0.1, 0.15) is 22.8 Å². The van der Waals surface area contributed by atoms with Gasteiger partial charge in [0, 0.05) is 32.7 Å². The van der Waals surface area contributed by atoms with Gasteiger partial charge in [-0.1, -0.05) is 18.1 Å². The Morgan fingerprint density at radius 2 is 2.04 bits per heavy atom. The number of amides is 2. The number of fused-ring (bicyclic) bond motifs is 1. The summed E-state index contributed by atoms with van der Waals surface area (Å²) >= 11 is 0. The molecule has 2 amide bonds. The minimum absolute atomic E-state index is 0.00774. The van der Waals surface area contributed by atoms with E-state index < -0.39 is 0 Å². The number of carbonyl (C=O) groups is 1. The molecule has 0 fully saturated rings. The summed E-state index contributed by atoms with van der Waals surface area (Å²) in [5, 5.41) is 8.34. The fraction of sp³-hybridized carbons (Fsp3) is 0.353. The van der Waals surface area contributed by atoms with Gasteiger partial charge in [0.1, 0.15) is 0 Å². The van der Waals surface area contributed by atoms with Crippen molar-refractivity contribution >= 4 is 6.03 Å². The number of nitrogens with zero attached hydrogens (tertiary/aromatic N) is 5. The molecule has 0 spiro atoms. The van der Waals surface area contributed by atoms with Crippen LogP contribution in [0.4, 0.5) is 4.79 Å². The van der Waals surface area contributed by atoms with Gasteiger partial charge in [-0.25, -0.2) is 4.79 Å². The third-order valence-electron chi connectivity index (χ3n) is 3.74. The van der Waals surface area contributed by atoms with Crippen LogP contribution in [0.25, 0.3) is 0 Å². The maximum Gasteiger partial charge on any atom is 0.319 e. The van der Waals surface area contributed by atoms with Gasteiger partial charge < -0.3 is 14.4 Å². The molecular weight excluding hydrogens is 290 g/mol. The van der Waals surface area contributed by atoms with Gasteiger partial charge in [-0.15, -0.1) is 10.2 Å². The molecule has 0 saturated heterocycles. The van der Waals surface area contributed by atoms with E-state index in [0.29, 0.717) is 25.5 Å². The Kier molecular flexibility index (Phi) is 4.02. The smallest absolute Gasteiger partial charge is 0.319 e. The molecule has 1 aromatic heterocycles. The second-order valence-electron chi connectivity index (χ2n) is 5.81. The number of carbonyl (C=O) groups excluding carboxylic acids is 1. The number of hydrogen-bond acceptors (Lipinski definition) is 3. The molecule has 6 nitrogen and oxygen atoms in total. The minimum Gasteiger partial charge on any atom is -0.331 e. The van der Waals surface area contributed by atoms with E-state index in [4.69, 9.17) is 0 Å². The molecule has 118 valence electrons. The van der Waals surface area contributed by atoms with Gasteiger partial charge >= 0.3 is 6.03 Å². The maximum atomic E-state index is 12.0. The van der Waals surface area contributed by atoms with Gasteiger partial charge in [0.05, 0.1) is 6.54 Å². The molecule has 0 radical (unpaired) electrons. The molecule has 0 unspecified atom stereocenters. The zero-order valence-electron chi connectivity index (χ0n) is 13.6. The van der Waals surface area contributed by atoms with E-state index in [0.717, 1.165) is 11.4 Å². The van der Waals surface area contributed by atoms with Crippen LogP contribution in [0.3, 0.4) is 0 Å². The van der Waals surface area contributed by atoms with Gasteiger partial charge in [-0.3, -0.25) is 0 Å². The molecule has 0 bridgehead atoms. The Morgan fingerprint density at radius 3 is 2.78 bits per heavy atom. The lowest BCUT2D eigenvalue weighted by atomic mass is 10.1. The topological polar surface area (TPSA) is 54.3 Å². The van der Waals surface area contributed by atoms with E-state index in [1.165, 1.54) is 5.56 Å². The molecule has 2 heterocycles. The first-order valence-electron chi connectivity index (χ1n) is 7.51. The first-order chi connectivity index (χ1) is 11.0. The summed E-state index contributed by atoms with van der Waals surface area (Å²) in [6.45, 7) is 3.82. The van der Waals surface area contributed by atoms with Crippen LogP contribution in [0, 0.1) is 18.8 Å². The number of aromatic nitrogens is 3. The van der Waals surface area contributed by atoms with Crippen molar-refractivity contribution in [3.63, 3.8) is 0 Å². The molecular formula is C17H19N5O. The van der Waals surface area contributed by atoms with E-state index in [1.54, 1.807) is 23.9 Å². The highest BCUT2D eigenvalue weighted by Gasteiger charge is 2.24. The summed E-state index contributed by atoms with van der Waals surface area (Å²) < 4.78 is 1.99. The first kappa shape index (κ1) is 15.1. The fourth-order valence-electron chi connectivity index (χ4n) is 2.55. The summed E-state index contributed by atoms with van der Waals surface area (Å²) in [5.74, 6) is 7.65. The van der Waals surface area contributed by atoms with E-state index in [-0.39, 0.29) is 6.03 Å². The average Bonchev–Trinajstić information content (AvgIpc) is 2.94. The zero-order chi connectivity index (χ0) is 16.4. The standard InChI is InChI=1S/C17H19N5O/c1-13-5-4-6-14(11-13)7-8-15-18-19-16-12-21(9-10-22(15)16)17(23)20(2)3/h4-6,11H,9-10,12H2,1-3H3. The van der Waals surface area contributed by atoms with E-state index in [2.05, 4.69) is 22.0 Å². The predicted octanol–water partition coefficient (Wildman–Crippen LogP) is 1.48. The van der Waals surface area contributed by atoms with Crippen molar-refractivity contribution < 1.29 is 4.79 Å². The molecule has 0 N–H and O–H groups in total. The molecule has 2 aromatic rings. The third kappa shape index (κ3) is 3.19. The molecule has 1 aromatic carbocycles. The quantitative estimate of drug-likeness (QED) is 0.693. The van der Waals surface area contributed by atoms with Gasteiger partial charge in [-0.2, -0.15) is 0 Å². The van der Waals surface area contributed by atoms with Crippen LogP contribution in [-0.2, 0) is 13.1 Å². The second-order valence-corrected chi connectivity index (χ2v) is 5.81. The number of hydrogen-bond donors (Lipinski definition) is 0. The normalized spacial score (nSPS) is 13.1. The van der Waals surface area contributed by atoms with Crippen LogP contribution in [0.5, 0.6) is 0 Å². The molecule has 3 rings (SSSR count). The lowest BCUT2D eigenvalue weighted by Gasteiger charge is -2.29. The Labute approximate surface area is 135 Å². The number of aryl methyl sites for hydroxylation is 1. The second kappa shape index (κ2) is 6.13. The largest absolute Gasteiger partial charge is 0.331 e. The van der Waals surface area contributed by atoms with Gasteiger partial charge in [-0.05, 0) is 30.5 Å². The van der Waals surface area contributed by atoms with E-state index in [9.17, 15) is 4.79 Å². The van der Waals surface area contributed by atoms with Crippen molar-refractivity contribution in [2.24, 2.45) is 0 Å². The van der Waals surface area contributed by atoms with Crippen LogP contribution in [0.15, 0.2) is 24.3 Å². The SMILES string of the molecule is Cc1cccc(C#Cc2nnc3n2CCN(C(=O)N(C)C)C3)c1. The summed E-state index contributed by atoms with van der Waals surface area (Å²) in [7, 11) is 3.50. The average molecular weight is 309 g/mol. The molecule has 0 atom stereocenters. The molecule has 23 heavy (non-hydrogen) atoms. The Bertz CT molecular complexity index is 797. The highest BCUT2D eigenvalue weighted by atomic mass is 16.2. The maximum absolute atomic E-state index is 12.0. The van der Waals surface area contributed by atoms with Crippen molar-refractivity contribution in [3.05, 3.63) is 47.0 Å². The highest BCUT2D eigenvalue weighted by molar-refractivity contribution is 5.73. The molecule has 0 aliphatic carbocycles. The van der Waals surface area contributed by atoms with E-state index in [1.807, 2.05) is 35.8 Å². The van der Waals surface area contributed by atoms with Crippen molar-refractivity contribution in [1.82, 2.24) is 24.6 Å².